The van der Waals surface area contributed by atoms with Crippen LogP contribution in [0.5, 0.6) is 11.5 Å². The maximum Gasteiger partial charge on any atom is 0.343 e. The van der Waals surface area contributed by atoms with Crippen molar-refractivity contribution in [2.24, 2.45) is 0 Å². The number of hydrogen-bond acceptors (Lipinski definition) is 4. The summed E-state index contributed by atoms with van der Waals surface area (Å²) in [5.41, 5.74) is 0.749. The van der Waals surface area contributed by atoms with Crippen molar-refractivity contribution in [1.82, 2.24) is 0 Å². The van der Waals surface area contributed by atoms with E-state index in [0.29, 0.717) is 22.6 Å². The zero-order valence-electron chi connectivity index (χ0n) is 10.6. The van der Waals surface area contributed by atoms with Gasteiger partial charge in [-0.1, -0.05) is 0 Å². The van der Waals surface area contributed by atoms with E-state index in [2.05, 4.69) is 0 Å². The molecule has 0 aliphatic rings. The van der Waals surface area contributed by atoms with Gasteiger partial charge >= 0.3 is 5.97 Å². The van der Waals surface area contributed by atoms with Crippen LogP contribution in [0.25, 0.3) is 0 Å². The summed E-state index contributed by atoms with van der Waals surface area (Å²) < 4.78 is 10.2. The smallest absolute Gasteiger partial charge is 0.343 e. The van der Waals surface area contributed by atoms with E-state index in [-0.39, 0.29) is 0 Å². The Bertz CT molecular complexity index is 617. The SMILES string of the molecule is COc1ccc(C(=O)Oc2ccc(C(=O)Cl)cc2)cc1. The molecule has 2 aromatic carbocycles. The number of ether oxygens (including phenoxy) is 2. The van der Waals surface area contributed by atoms with Crippen molar-refractivity contribution in [1.29, 1.82) is 0 Å². The molecule has 0 N–H and O–H groups in total. The molecule has 0 radical (unpaired) electrons. The molecular weight excluding hydrogens is 280 g/mol. The van der Waals surface area contributed by atoms with Gasteiger partial charge in [0, 0.05) is 5.56 Å². The van der Waals surface area contributed by atoms with Crippen molar-refractivity contribution in [3.05, 3.63) is 59.7 Å². The highest BCUT2D eigenvalue weighted by Crippen LogP contribution is 2.17. The highest BCUT2D eigenvalue weighted by Gasteiger charge is 2.09. The van der Waals surface area contributed by atoms with E-state index < -0.39 is 11.2 Å². The van der Waals surface area contributed by atoms with E-state index in [1.807, 2.05) is 0 Å². The van der Waals surface area contributed by atoms with Crippen LogP contribution in [0.1, 0.15) is 20.7 Å². The molecule has 0 heterocycles. The molecule has 0 saturated heterocycles. The van der Waals surface area contributed by atoms with Gasteiger partial charge in [-0.25, -0.2) is 4.79 Å². The lowest BCUT2D eigenvalue weighted by atomic mass is 10.2. The number of methoxy groups -OCH3 is 1. The molecule has 0 saturated carbocycles. The lowest BCUT2D eigenvalue weighted by Gasteiger charge is -2.05. The van der Waals surface area contributed by atoms with Gasteiger partial charge in [0.25, 0.3) is 5.24 Å². The van der Waals surface area contributed by atoms with Gasteiger partial charge < -0.3 is 9.47 Å². The van der Waals surface area contributed by atoms with E-state index >= 15 is 0 Å². The summed E-state index contributed by atoms with van der Waals surface area (Å²) in [6.45, 7) is 0. The summed E-state index contributed by atoms with van der Waals surface area (Å²) in [5.74, 6) is 0.511. The summed E-state index contributed by atoms with van der Waals surface area (Å²) >= 11 is 5.33. The van der Waals surface area contributed by atoms with Crippen LogP contribution >= 0.6 is 11.6 Å². The molecule has 0 aromatic heterocycles. The minimum absolute atomic E-state index is 0.340. The Hall–Kier alpha value is -2.33. The zero-order chi connectivity index (χ0) is 14.5. The second-order valence-electron chi connectivity index (χ2n) is 3.92. The summed E-state index contributed by atoms with van der Waals surface area (Å²) in [5, 5.41) is -0.557. The third-order valence-electron chi connectivity index (χ3n) is 2.62. The number of benzene rings is 2. The van der Waals surface area contributed by atoms with Crippen LogP contribution < -0.4 is 9.47 Å². The van der Waals surface area contributed by atoms with E-state index in [1.165, 1.54) is 24.3 Å². The zero-order valence-corrected chi connectivity index (χ0v) is 11.4. The average molecular weight is 291 g/mol. The number of esters is 1. The largest absolute Gasteiger partial charge is 0.497 e. The van der Waals surface area contributed by atoms with Crippen molar-refractivity contribution in [2.75, 3.05) is 7.11 Å². The molecule has 2 aromatic rings. The third-order valence-corrected chi connectivity index (χ3v) is 2.84. The van der Waals surface area contributed by atoms with Crippen LogP contribution in [-0.4, -0.2) is 18.3 Å². The first-order chi connectivity index (χ1) is 9.60. The molecule has 0 atom stereocenters. The third kappa shape index (κ3) is 3.36. The molecule has 102 valence electrons. The van der Waals surface area contributed by atoms with E-state index in [0.717, 1.165) is 0 Å². The monoisotopic (exact) mass is 290 g/mol. The molecule has 0 aliphatic carbocycles. The van der Waals surface area contributed by atoms with Crippen LogP contribution in [0, 0.1) is 0 Å². The van der Waals surface area contributed by atoms with Crippen LogP contribution in [0.4, 0.5) is 0 Å². The molecule has 0 bridgehead atoms. The average Bonchev–Trinajstić information content (AvgIpc) is 2.48. The van der Waals surface area contributed by atoms with Crippen LogP contribution in [-0.2, 0) is 0 Å². The normalized spacial score (nSPS) is 9.90. The molecule has 2 rings (SSSR count). The number of carbonyl (C=O) groups is 2. The Morgan fingerprint density at radius 2 is 1.35 bits per heavy atom. The Kier molecular flexibility index (Phi) is 4.38. The quantitative estimate of drug-likeness (QED) is 0.492. The molecule has 4 nitrogen and oxygen atoms in total. The summed E-state index contributed by atoms with van der Waals surface area (Å²) in [6, 6.07) is 12.6. The van der Waals surface area contributed by atoms with Crippen molar-refractivity contribution >= 4 is 22.8 Å². The van der Waals surface area contributed by atoms with Gasteiger partial charge in [-0.2, -0.15) is 0 Å². The highest BCUT2D eigenvalue weighted by atomic mass is 35.5. The predicted octanol–water partition coefficient (Wildman–Crippen LogP) is 3.29. The van der Waals surface area contributed by atoms with E-state index in [1.54, 1.807) is 31.4 Å². The summed E-state index contributed by atoms with van der Waals surface area (Å²) in [6.07, 6.45) is 0. The van der Waals surface area contributed by atoms with Crippen molar-refractivity contribution in [3.63, 3.8) is 0 Å². The highest BCUT2D eigenvalue weighted by molar-refractivity contribution is 6.67. The molecule has 0 unspecified atom stereocenters. The lowest BCUT2D eigenvalue weighted by Crippen LogP contribution is -2.08. The van der Waals surface area contributed by atoms with E-state index in [4.69, 9.17) is 21.1 Å². The fraction of sp³-hybridized carbons (Fsp3) is 0.0667. The van der Waals surface area contributed by atoms with Crippen LogP contribution in [0.3, 0.4) is 0 Å². The fourth-order valence-corrected chi connectivity index (χ4v) is 1.67. The maximum atomic E-state index is 11.9. The first kappa shape index (κ1) is 14.1. The van der Waals surface area contributed by atoms with Crippen LogP contribution in [0.15, 0.2) is 48.5 Å². The lowest BCUT2D eigenvalue weighted by molar-refractivity contribution is 0.0734. The van der Waals surface area contributed by atoms with Gasteiger partial charge in [-0.3, -0.25) is 4.79 Å². The van der Waals surface area contributed by atoms with Crippen molar-refractivity contribution in [3.8, 4) is 11.5 Å². The number of hydrogen-bond donors (Lipinski definition) is 0. The van der Waals surface area contributed by atoms with Gasteiger partial charge in [0.1, 0.15) is 11.5 Å². The molecule has 0 spiro atoms. The number of carbonyl (C=O) groups excluding carboxylic acids is 2. The Balaban J connectivity index is 2.08. The first-order valence-electron chi connectivity index (χ1n) is 5.76. The fourth-order valence-electron chi connectivity index (χ4n) is 1.55. The van der Waals surface area contributed by atoms with Gasteiger partial charge in [-0.05, 0) is 60.1 Å². The minimum Gasteiger partial charge on any atom is -0.497 e. The minimum atomic E-state index is -0.557. The molecule has 0 aliphatic heterocycles. The van der Waals surface area contributed by atoms with Gasteiger partial charge in [-0.15, -0.1) is 0 Å². The first-order valence-corrected chi connectivity index (χ1v) is 6.14. The van der Waals surface area contributed by atoms with Crippen LogP contribution in [0.2, 0.25) is 0 Å². The molecular formula is C15H11ClO4. The standard InChI is InChI=1S/C15H11ClO4/c1-19-12-6-4-11(5-7-12)15(18)20-13-8-2-10(3-9-13)14(16)17/h2-9H,1H3. The van der Waals surface area contributed by atoms with Gasteiger partial charge in [0.05, 0.1) is 12.7 Å². The summed E-state index contributed by atoms with van der Waals surface area (Å²) in [4.78, 5) is 22.8. The maximum absolute atomic E-state index is 11.9. The van der Waals surface area contributed by atoms with Gasteiger partial charge in [0.15, 0.2) is 0 Å². The van der Waals surface area contributed by atoms with E-state index in [9.17, 15) is 9.59 Å². The van der Waals surface area contributed by atoms with Crippen molar-refractivity contribution in [2.45, 2.75) is 0 Å². The second kappa shape index (κ2) is 6.21. The second-order valence-corrected chi connectivity index (χ2v) is 4.26. The molecule has 5 heteroatoms. The Morgan fingerprint density at radius 1 is 0.850 bits per heavy atom. The van der Waals surface area contributed by atoms with Crippen molar-refractivity contribution < 1.29 is 19.1 Å². The summed E-state index contributed by atoms with van der Waals surface area (Å²) in [7, 11) is 1.55. The topological polar surface area (TPSA) is 52.6 Å². The molecule has 0 fully saturated rings. The Labute approximate surface area is 120 Å². The predicted molar refractivity (Wildman–Crippen MR) is 74.6 cm³/mol. The number of halogens is 1. The molecule has 0 amide bonds. The molecule has 20 heavy (non-hydrogen) atoms. The Morgan fingerprint density at radius 3 is 1.85 bits per heavy atom. The number of rotatable bonds is 4. The van der Waals surface area contributed by atoms with Gasteiger partial charge in [0.2, 0.25) is 0 Å².